The van der Waals surface area contributed by atoms with E-state index in [2.05, 4.69) is 34.0 Å². The molecule has 0 atom stereocenters. The molecule has 1 aliphatic heterocycles. The number of rotatable bonds is 8. The lowest BCUT2D eigenvalue weighted by Gasteiger charge is -2.32. The second kappa shape index (κ2) is 10.6. The fourth-order valence-corrected chi connectivity index (χ4v) is 3.03. The molecule has 0 amide bonds. The average Bonchev–Trinajstić information content (AvgIpc) is 2.66. The molecular weight excluding hydrogens is 330 g/mol. The minimum absolute atomic E-state index is 0.0969. The molecule has 7 nitrogen and oxygen atoms in total. The number of aliphatic imine (C=N–C) groups is 1. The number of hydrogen-bond donors (Lipinski definition) is 2. The number of benzene rings is 1. The van der Waals surface area contributed by atoms with Crippen LogP contribution in [0.25, 0.3) is 0 Å². The Labute approximate surface area is 155 Å². The van der Waals surface area contributed by atoms with Crippen LogP contribution in [-0.2, 0) is 6.54 Å². The van der Waals surface area contributed by atoms with Gasteiger partial charge >= 0.3 is 0 Å². The zero-order valence-corrected chi connectivity index (χ0v) is 15.5. The Bertz CT molecular complexity index is 607. The molecule has 0 radical (unpaired) electrons. The third-order valence-corrected chi connectivity index (χ3v) is 4.45. The van der Waals surface area contributed by atoms with E-state index in [0.29, 0.717) is 19.1 Å². The molecule has 1 aliphatic rings. The number of nitro benzene ring substituents is 1. The number of piperidine rings is 1. The molecule has 2 N–H and O–H groups in total. The number of nitrogens with zero attached hydrogens (tertiary/aromatic N) is 3. The number of hydrogen-bond acceptors (Lipinski definition) is 4. The molecule has 1 heterocycles. The highest BCUT2D eigenvalue weighted by atomic mass is 16.6. The topological polar surface area (TPSA) is 82.8 Å². The quantitative estimate of drug-likeness (QED) is 0.245. The van der Waals surface area contributed by atoms with Crippen molar-refractivity contribution in [1.82, 2.24) is 15.5 Å². The van der Waals surface area contributed by atoms with Crippen LogP contribution >= 0.6 is 0 Å². The molecule has 0 aliphatic carbocycles. The first-order chi connectivity index (χ1) is 12.6. The Morgan fingerprint density at radius 2 is 2.08 bits per heavy atom. The van der Waals surface area contributed by atoms with Crippen molar-refractivity contribution in [3.63, 3.8) is 0 Å². The maximum atomic E-state index is 10.7. The van der Waals surface area contributed by atoms with Gasteiger partial charge < -0.3 is 15.5 Å². The van der Waals surface area contributed by atoms with Gasteiger partial charge in [0.1, 0.15) is 0 Å². The van der Waals surface area contributed by atoms with Crippen LogP contribution in [0.15, 0.2) is 41.9 Å². The lowest BCUT2D eigenvalue weighted by molar-refractivity contribution is -0.384. The number of nitro groups is 1. The van der Waals surface area contributed by atoms with Gasteiger partial charge in [-0.1, -0.05) is 25.1 Å². The lowest BCUT2D eigenvalue weighted by atomic mass is 10.1. The highest BCUT2D eigenvalue weighted by molar-refractivity contribution is 5.80. The predicted octanol–water partition coefficient (Wildman–Crippen LogP) is 2.69. The van der Waals surface area contributed by atoms with E-state index in [-0.39, 0.29) is 5.69 Å². The first-order valence-electron chi connectivity index (χ1n) is 9.23. The first-order valence-corrected chi connectivity index (χ1v) is 9.23. The Balaban J connectivity index is 1.92. The van der Waals surface area contributed by atoms with Crippen LogP contribution in [0.5, 0.6) is 0 Å². The largest absolute Gasteiger partial charge is 0.354 e. The minimum Gasteiger partial charge on any atom is -0.354 e. The van der Waals surface area contributed by atoms with Gasteiger partial charge in [0.2, 0.25) is 0 Å². The van der Waals surface area contributed by atoms with Crippen molar-refractivity contribution in [2.75, 3.05) is 26.2 Å². The van der Waals surface area contributed by atoms with Crippen molar-refractivity contribution >= 4 is 11.6 Å². The number of likely N-dealkylation sites (tertiary alicyclic amines) is 1. The highest BCUT2D eigenvalue weighted by Crippen LogP contribution is 2.13. The number of guanidine groups is 1. The maximum absolute atomic E-state index is 10.7. The smallest absolute Gasteiger partial charge is 0.269 e. The number of nitrogens with one attached hydrogen (secondary N) is 2. The van der Waals surface area contributed by atoms with Crippen LogP contribution in [0.2, 0.25) is 0 Å². The zero-order valence-electron chi connectivity index (χ0n) is 15.5. The van der Waals surface area contributed by atoms with Gasteiger partial charge in [-0.2, -0.15) is 0 Å². The van der Waals surface area contributed by atoms with Crippen molar-refractivity contribution in [3.8, 4) is 0 Å². The molecule has 7 heteroatoms. The molecule has 1 aromatic carbocycles. The molecular formula is C19H29N5O2. The maximum Gasteiger partial charge on any atom is 0.269 e. The van der Waals surface area contributed by atoms with Crippen molar-refractivity contribution in [3.05, 3.63) is 52.6 Å². The third kappa shape index (κ3) is 6.48. The minimum atomic E-state index is -0.392. The Hall–Kier alpha value is -2.41. The highest BCUT2D eigenvalue weighted by Gasteiger charge is 2.19. The van der Waals surface area contributed by atoms with Crippen LogP contribution < -0.4 is 10.6 Å². The summed E-state index contributed by atoms with van der Waals surface area (Å²) in [4.78, 5) is 17.5. The van der Waals surface area contributed by atoms with Gasteiger partial charge in [0.05, 0.1) is 11.5 Å². The molecule has 26 heavy (non-hydrogen) atoms. The summed E-state index contributed by atoms with van der Waals surface area (Å²) in [5.41, 5.74) is 1.03. The second-order valence-electron chi connectivity index (χ2n) is 6.52. The molecule has 0 spiro atoms. The van der Waals surface area contributed by atoms with Crippen LogP contribution in [0.3, 0.4) is 0 Å². The van der Waals surface area contributed by atoms with E-state index >= 15 is 0 Å². The van der Waals surface area contributed by atoms with E-state index in [1.807, 2.05) is 0 Å². The summed E-state index contributed by atoms with van der Waals surface area (Å²) in [6, 6.07) is 6.93. The summed E-state index contributed by atoms with van der Waals surface area (Å²) in [6.45, 7) is 10.5. The summed E-state index contributed by atoms with van der Waals surface area (Å²) in [5.74, 6) is 0.761. The molecule has 0 unspecified atom stereocenters. The van der Waals surface area contributed by atoms with Crippen molar-refractivity contribution < 1.29 is 4.92 Å². The Kier molecular flexibility index (Phi) is 8.08. The first kappa shape index (κ1) is 19.9. The van der Waals surface area contributed by atoms with E-state index < -0.39 is 4.92 Å². The fraction of sp³-hybridized carbons (Fsp3) is 0.526. The van der Waals surface area contributed by atoms with E-state index in [9.17, 15) is 10.1 Å². The lowest BCUT2D eigenvalue weighted by Crippen LogP contribution is -2.48. The predicted molar refractivity (Wildman–Crippen MR) is 105 cm³/mol. The van der Waals surface area contributed by atoms with Crippen LogP contribution in [0.1, 0.15) is 31.7 Å². The molecule has 142 valence electrons. The Morgan fingerprint density at radius 3 is 2.65 bits per heavy atom. The van der Waals surface area contributed by atoms with Gasteiger partial charge in [-0.05, 0) is 31.4 Å². The second-order valence-corrected chi connectivity index (χ2v) is 6.52. The molecule has 0 saturated carbocycles. The van der Waals surface area contributed by atoms with E-state index in [4.69, 9.17) is 0 Å². The normalized spacial score (nSPS) is 16.3. The van der Waals surface area contributed by atoms with E-state index in [1.54, 1.807) is 18.2 Å². The number of non-ortho nitro benzene ring substituents is 1. The summed E-state index contributed by atoms with van der Waals surface area (Å²) in [7, 11) is 0. The van der Waals surface area contributed by atoms with Gasteiger partial charge in [-0.15, -0.1) is 6.58 Å². The van der Waals surface area contributed by atoms with Crippen molar-refractivity contribution in [2.45, 2.75) is 38.8 Å². The van der Waals surface area contributed by atoms with Gasteiger partial charge in [0, 0.05) is 37.8 Å². The SMILES string of the molecule is C=CCNC(=NCc1ccc([N+](=O)[O-])cc1)NC1CCN(CCC)CC1. The van der Waals surface area contributed by atoms with Gasteiger partial charge in [-0.3, -0.25) is 10.1 Å². The van der Waals surface area contributed by atoms with Crippen molar-refractivity contribution in [2.24, 2.45) is 4.99 Å². The third-order valence-electron chi connectivity index (χ3n) is 4.45. The van der Waals surface area contributed by atoms with Gasteiger partial charge in [-0.25, -0.2) is 4.99 Å². The van der Waals surface area contributed by atoms with Crippen molar-refractivity contribution in [1.29, 1.82) is 0 Å². The summed E-state index contributed by atoms with van der Waals surface area (Å²) < 4.78 is 0. The summed E-state index contributed by atoms with van der Waals surface area (Å²) >= 11 is 0. The van der Waals surface area contributed by atoms with E-state index in [0.717, 1.165) is 37.5 Å². The molecule has 2 rings (SSSR count). The molecule has 1 fully saturated rings. The Morgan fingerprint density at radius 1 is 1.38 bits per heavy atom. The average molecular weight is 359 g/mol. The van der Waals surface area contributed by atoms with E-state index in [1.165, 1.54) is 25.1 Å². The molecule has 0 aromatic heterocycles. The van der Waals surface area contributed by atoms with Crippen LogP contribution in [0.4, 0.5) is 5.69 Å². The molecule has 1 aromatic rings. The molecule has 0 bridgehead atoms. The standard InChI is InChI=1S/C19H29N5O2/c1-3-11-20-19(22-17-9-13-23(12-4-2)14-10-17)21-15-16-5-7-18(8-6-16)24(25)26/h3,5-8,17H,1,4,9-15H2,2H3,(H2,20,21,22). The summed E-state index contributed by atoms with van der Waals surface area (Å²) in [5, 5.41) is 17.5. The fourth-order valence-electron chi connectivity index (χ4n) is 3.03. The van der Waals surface area contributed by atoms with Crippen LogP contribution in [-0.4, -0.2) is 48.0 Å². The monoisotopic (exact) mass is 359 g/mol. The van der Waals surface area contributed by atoms with Crippen LogP contribution in [0, 0.1) is 10.1 Å². The summed E-state index contributed by atoms with van der Waals surface area (Å²) in [6.07, 6.45) is 5.20. The van der Waals surface area contributed by atoms with Gasteiger partial charge in [0.25, 0.3) is 5.69 Å². The molecule has 1 saturated heterocycles. The van der Waals surface area contributed by atoms with Gasteiger partial charge in [0.15, 0.2) is 5.96 Å². The zero-order chi connectivity index (χ0) is 18.8.